The van der Waals surface area contributed by atoms with Crippen molar-refractivity contribution in [3.8, 4) is 5.75 Å². The molecular formula is C14H16N2O. The van der Waals surface area contributed by atoms with Crippen LogP contribution in [0.3, 0.4) is 0 Å². The van der Waals surface area contributed by atoms with E-state index in [1.807, 2.05) is 43.3 Å². The van der Waals surface area contributed by atoms with E-state index in [2.05, 4.69) is 4.98 Å². The lowest BCUT2D eigenvalue weighted by molar-refractivity contribution is 0.305. The summed E-state index contributed by atoms with van der Waals surface area (Å²) in [5.74, 6) is 0.844. The minimum absolute atomic E-state index is 0.0273. The summed E-state index contributed by atoms with van der Waals surface area (Å²) in [4.78, 5) is 3.97. The quantitative estimate of drug-likeness (QED) is 0.875. The van der Waals surface area contributed by atoms with E-state index in [9.17, 15) is 0 Å². The van der Waals surface area contributed by atoms with Crippen molar-refractivity contribution in [1.82, 2.24) is 4.98 Å². The van der Waals surface area contributed by atoms with Crippen LogP contribution >= 0.6 is 0 Å². The molecule has 2 N–H and O–H groups in total. The van der Waals surface area contributed by atoms with Crippen LogP contribution < -0.4 is 10.5 Å². The van der Waals surface area contributed by atoms with Crippen LogP contribution in [0.15, 0.2) is 48.8 Å². The van der Waals surface area contributed by atoms with Crippen LogP contribution in [0.2, 0.25) is 0 Å². The molecule has 3 heteroatoms. The Morgan fingerprint density at radius 2 is 2.00 bits per heavy atom. The highest BCUT2D eigenvalue weighted by molar-refractivity contribution is 5.30. The average molecular weight is 228 g/mol. The first-order valence-electron chi connectivity index (χ1n) is 5.63. The van der Waals surface area contributed by atoms with Crippen molar-refractivity contribution >= 4 is 0 Å². The number of benzene rings is 1. The van der Waals surface area contributed by atoms with Crippen LogP contribution in [0.1, 0.15) is 24.1 Å². The van der Waals surface area contributed by atoms with Gasteiger partial charge in [-0.2, -0.15) is 0 Å². The van der Waals surface area contributed by atoms with E-state index < -0.39 is 0 Å². The summed E-state index contributed by atoms with van der Waals surface area (Å²) in [6, 6.07) is 11.8. The van der Waals surface area contributed by atoms with Crippen molar-refractivity contribution < 1.29 is 4.74 Å². The predicted octanol–water partition coefficient (Wildman–Crippen LogP) is 2.68. The summed E-state index contributed by atoms with van der Waals surface area (Å²) in [5.41, 5.74) is 8.01. The standard InChI is InChI=1S/C14H16N2O/c1-11(15)13-3-2-4-14(9-13)17-10-12-5-7-16-8-6-12/h2-9,11H,10,15H2,1H3. The van der Waals surface area contributed by atoms with Gasteiger partial charge in [-0.15, -0.1) is 0 Å². The molecule has 0 amide bonds. The van der Waals surface area contributed by atoms with E-state index >= 15 is 0 Å². The topological polar surface area (TPSA) is 48.1 Å². The zero-order valence-electron chi connectivity index (χ0n) is 9.84. The van der Waals surface area contributed by atoms with Crippen LogP contribution in [-0.2, 0) is 6.61 Å². The highest BCUT2D eigenvalue weighted by Crippen LogP contribution is 2.18. The van der Waals surface area contributed by atoms with Gasteiger partial charge < -0.3 is 10.5 Å². The summed E-state index contributed by atoms with van der Waals surface area (Å²) >= 11 is 0. The predicted molar refractivity (Wildman–Crippen MR) is 67.6 cm³/mol. The van der Waals surface area contributed by atoms with Gasteiger partial charge in [0, 0.05) is 18.4 Å². The SMILES string of the molecule is CC(N)c1cccc(OCc2ccncc2)c1. The molecule has 2 aromatic rings. The number of pyridine rings is 1. The lowest BCUT2D eigenvalue weighted by atomic mass is 10.1. The summed E-state index contributed by atoms with van der Waals surface area (Å²) in [6.07, 6.45) is 3.52. The normalized spacial score (nSPS) is 12.1. The molecule has 1 heterocycles. The van der Waals surface area contributed by atoms with Gasteiger partial charge in [0.15, 0.2) is 0 Å². The second-order valence-corrected chi connectivity index (χ2v) is 4.01. The second kappa shape index (κ2) is 5.46. The first kappa shape index (κ1) is 11.6. The summed E-state index contributed by atoms with van der Waals surface area (Å²) in [7, 11) is 0. The molecule has 1 aromatic carbocycles. The monoisotopic (exact) mass is 228 g/mol. The molecule has 0 bridgehead atoms. The molecule has 0 spiro atoms. The molecule has 3 nitrogen and oxygen atoms in total. The number of nitrogens with two attached hydrogens (primary N) is 1. The molecule has 1 aromatic heterocycles. The van der Waals surface area contributed by atoms with Gasteiger partial charge in [-0.25, -0.2) is 0 Å². The fourth-order valence-electron chi connectivity index (χ4n) is 1.53. The Morgan fingerprint density at radius 3 is 2.71 bits per heavy atom. The third-order valence-corrected chi connectivity index (χ3v) is 2.54. The van der Waals surface area contributed by atoms with Crippen LogP contribution in [0, 0.1) is 0 Å². The Labute approximate surface area is 101 Å². The zero-order chi connectivity index (χ0) is 12.1. The van der Waals surface area contributed by atoms with E-state index in [0.717, 1.165) is 16.9 Å². The molecule has 1 atom stereocenters. The number of ether oxygens (including phenoxy) is 1. The fourth-order valence-corrected chi connectivity index (χ4v) is 1.53. The molecule has 0 aliphatic heterocycles. The summed E-state index contributed by atoms with van der Waals surface area (Å²) < 4.78 is 5.70. The fraction of sp³-hybridized carbons (Fsp3) is 0.214. The number of nitrogens with zero attached hydrogens (tertiary/aromatic N) is 1. The number of hydrogen-bond donors (Lipinski definition) is 1. The molecule has 2 rings (SSSR count). The summed E-state index contributed by atoms with van der Waals surface area (Å²) in [6.45, 7) is 2.51. The smallest absolute Gasteiger partial charge is 0.120 e. The zero-order valence-corrected chi connectivity index (χ0v) is 9.84. The van der Waals surface area contributed by atoms with Crippen LogP contribution in [0.4, 0.5) is 0 Å². The van der Waals surface area contributed by atoms with Crippen molar-refractivity contribution in [1.29, 1.82) is 0 Å². The highest BCUT2D eigenvalue weighted by Gasteiger charge is 2.01. The first-order chi connectivity index (χ1) is 8.25. The van der Waals surface area contributed by atoms with Crippen molar-refractivity contribution in [2.45, 2.75) is 19.6 Å². The van der Waals surface area contributed by atoms with E-state index in [-0.39, 0.29) is 6.04 Å². The second-order valence-electron chi connectivity index (χ2n) is 4.01. The molecule has 1 unspecified atom stereocenters. The van der Waals surface area contributed by atoms with Gasteiger partial charge in [0.25, 0.3) is 0 Å². The maximum atomic E-state index is 5.83. The summed E-state index contributed by atoms with van der Waals surface area (Å²) in [5, 5.41) is 0. The Hall–Kier alpha value is -1.87. The molecule has 0 saturated carbocycles. The van der Waals surface area contributed by atoms with Crippen molar-refractivity contribution in [2.24, 2.45) is 5.73 Å². The van der Waals surface area contributed by atoms with Crippen LogP contribution in [-0.4, -0.2) is 4.98 Å². The Kier molecular flexibility index (Phi) is 3.73. The van der Waals surface area contributed by atoms with E-state index in [4.69, 9.17) is 10.5 Å². The van der Waals surface area contributed by atoms with Gasteiger partial charge in [0.05, 0.1) is 0 Å². The molecular weight excluding hydrogens is 212 g/mol. The molecule has 0 radical (unpaired) electrons. The van der Waals surface area contributed by atoms with E-state index in [1.54, 1.807) is 12.4 Å². The maximum absolute atomic E-state index is 5.83. The number of aromatic nitrogens is 1. The van der Waals surface area contributed by atoms with Crippen LogP contribution in [0.5, 0.6) is 5.75 Å². The van der Waals surface area contributed by atoms with Crippen LogP contribution in [0.25, 0.3) is 0 Å². The number of hydrogen-bond acceptors (Lipinski definition) is 3. The molecule has 88 valence electrons. The third kappa shape index (κ3) is 3.29. The van der Waals surface area contributed by atoms with Gasteiger partial charge in [-0.05, 0) is 42.3 Å². The van der Waals surface area contributed by atoms with Gasteiger partial charge in [-0.1, -0.05) is 12.1 Å². The molecule has 0 aliphatic carbocycles. The maximum Gasteiger partial charge on any atom is 0.120 e. The van der Waals surface area contributed by atoms with Crippen molar-refractivity contribution in [2.75, 3.05) is 0 Å². The Bertz CT molecular complexity index is 469. The van der Waals surface area contributed by atoms with Gasteiger partial charge in [-0.3, -0.25) is 4.98 Å². The largest absolute Gasteiger partial charge is 0.489 e. The molecule has 17 heavy (non-hydrogen) atoms. The highest BCUT2D eigenvalue weighted by atomic mass is 16.5. The van der Waals surface area contributed by atoms with Gasteiger partial charge in [0.1, 0.15) is 12.4 Å². The van der Waals surface area contributed by atoms with E-state index in [0.29, 0.717) is 6.61 Å². The van der Waals surface area contributed by atoms with Gasteiger partial charge in [0.2, 0.25) is 0 Å². The molecule has 0 aliphatic rings. The minimum Gasteiger partial charge on any atom is -0.489 e. The minimum atomic E-state index is 0.0273. The van der Waals surface area contributed by atoms with Crippen molar-refractivity contribution in [3.05, 3.63) is 59.9 Å². The number of rotatable bonds is 4. The van der Waals surface area contributed by atoms with Crippen molar-refractivity contribution in [3.63, 3.8) is 0 Å². The van der Waals surface area contributed by atoms with Gasteiger partial charge >= 0.3 is 0 Å². The molecule has 0 saturated heterocycles. The first-order valence-corrected chi connectivity index (χ1v) is 5.63. The lowest BCUT2D eigenvalue weighted by Crippen LogP contribution is -2.05. The Morgan fingerprint density at radius 1 is 1.24 bits per heavy atom. The average Bonchev–Trinajstić information content (AvgIpc) is 2.38. The lowest BCUT2D eigenvalue weighted by Gasteiger charge is -2.09. The molecule has 0 fully saturated rings. The third-order valence-electron chi connectivity index (χ3n) is 2.54. The Balaban J connectivity index is 2.02. The van der Waals surface area contributed by atoms with E-state index in [1.165, 1.54) is 0 Å².